The SMILES string of the molecule is Cc1c(C(=O)c2c(C3CC3)[nH]n(C)c2=O)ccc(S(C)(=O)=O)c1S(=O)(=O)CC1CC1. The summed E-state index contributed by atoms with van der Waals surface area (Å²) in [6.45, 7) is 1.44. The van der Waals surface area contributed by atoms with Crippen molar-refractivity contribution in [1.82, 2.24) is 9.78 Å². The van der Waals surface area contributed by atoms with Crippen LogP contribution in [-0.4, -0.2) is 44.4 Å². The van der Waals surface area contributed by atoms with E-state index >= 15 is 0 Å². The van der Waals surface area contributed by atoms with Crippen LogP contribution in [0, 0.1) is 12.8 Å². The number of aryl methyl sites for hydroxylation is 1. The van der Waals surface area contributed by atoms with Gasteiger partial charge in [0.15, 0.2) is 19.7 Å². The highest BCUT2D eigenvalue weighted by Gasteiger charge is 2.37. The third-order valence-electron chi connectivity index (χ3n) is 5.77. The molecule has 2 saturated carbocycles. The van der Waals surface area contributed by atoms with Crippen molar-refractivity contribution in [1.29, 1.82) is 0 Å². The minimum absolute atomic E-state index is 0.000691. The van der Waals surface area contributed by atoms with Crippen LogP contribution in [0.2, 0.25) is 0 Å². The zero-order chi connectivity index (χ0) is 22.0. The number of rotatable bonds is 7. The highest BCUT2D eigenvalue weighted by Crippen LogP contribution is 2.41. The first-order valence-corrected chi connectivity index (χ1v) is 13.4. The lowest BCUT2D eigenvalue weighted by molar-refractivity contribution is 0.103. The van der Waals surface area contributed by atoms with E-state index in [1.54, 1.807) is 0 Å². The smallest absolute Gasteiger partial charge is 0.277 e. The lowest BCUT2D eigenvalue weighted by Gasteiger charge is -2.15. The number of aromatic amines is 1. The molecule has 1 heterocycles. The fraction of sp³-hybridized carbons (Fsp3) is 0.500. The molecule has 2 fully saturated rings. The maximum atomic E-state index is 13.4. The lowest BCUT2D eigenvalue weighted by atomic mass is 9.98. The van der Waals surface area contributed by atoms with Gasteiger partial charge in [0.05, 0.1) is 21.2 Å². The minimum atomic E-state index is -3.92. The van der Waals surface area contributed by atoms with E-state index in [0.717, 1.165) is 31.9 Å². The topological polar surface area (TPSA) is 123 Å². The van der Waals surface area contributed by atoms with E-state index in [2.05, 4.69) is 5.10 Å². The Bertz CT molecular complexity index is 1320. The van der Waals surface area contributed by atoms with Crippen LogP contribution in [0.15, 0.2) is 26.7 Å². The molecule has 2 aliphatic carbocycles. The second kappa shape index (κ2) is 6.91. The van der Waals surface area contributed by atoms with Gasteiger partial charge in [-0.25, -0.2) is 16.8 Å². The molecule has 0 atom stereocenters. The fourth-order valence-corrected chi connectivity index (χ4v) is 7.57. The normalized spacial score (nSPS) is 17.3. The highest BCUT2D eigenvalue weighted by atomic mass is 32.2. The van der Waals surface area contributed by atoms with Gasteiger partial charge in [-0.05, 0) is 56.2 Å². The van der Waals surface area contributed by atoms with Crippen molar-refractivity contribution in [2.75, 3.05) is 12.0 Å². The maximum absolute atomic E-state index is 13.4. The maximum Gasteiger partial charge on any atom is 0.277 e. The first-order valence-electron chi connectivity index (χ1n) is 9.82. The molecular formula is C20H24N2O6S2. The molecule has 10 heteroatoms. The van der Waals surface area contributed by atoms with E-state index in [-0.39, 0.29) is 44.1 Å². The summed E-state index contributed by atoms with van der Waals surface area (Å²) < 4.78 is 52.0. The molecule has 0 amide bonds. The summed E-state index contributed by atoms with van der Waals surface area (Å²) in [5.41, 5.74) is 0.196. The van der Waals surface area contributed by atoms with E-state index in [1.807, 2.05) is 0 Å². The summed E-state index contributed by atoms with van der Waals surface area (Å²) in [5, 5.41) is 2.93. The number of sulfone groups is 2. The summed E-state index contributed by atoms with van der Waals surface area (Å²) in [7, 11) is -6.24. The first kappa shape index (κ1) is 21.0. The molecule has 30 heavy (non-hydrogen) atoms. The van der Waals surface area contributed by atoms with Gasteiger partial charge in [-0.15, -0.1) is 0 Å². The molecule has 0 radical (unpaired) electrons. The van der Waals surface area contributed by atoms with Crippen molar-refractivity contribution in [3.8, 4) is 0 Å². The standard InChI is InChI=1S/C20H24N2O6S2/c1-11-14(18(23)16-17(13-6-7-13)21-22(2)20(16)24)8-9-15(29(3,25)26)19(11)30(27,28)10-12-4-5-12/h8-9,12-13,21H,4-7,10H2,1-3H3. The molecule has 4 rings (SSSR count). The third-order valence-corrected chi connectivity index (χ3v) is 9.09. The Morgan fingerprint density at radius 1 is 1.13 bits per heavy atom. The number of carbonyl (C=O) groups is 1. The Hall–Kier alpha value is -2.20. The molecule has 1 aromatic carbocycles. The average Bonchev–Trinajstić information content (AvgIpc) is 3.54. The molecule has 2 aromatic rings. The highest BCUT2D eigenvalue weighted by molar-refractivity contribution is 7.94. The van der Waals surface area contributed by atoms with Crippen molar-refractivity contribution >= 4 is 25.5 Å². The van der Waals surface area contributed by atoms with E-state index in [4.69, 9.17) is 0 Å². The van der Waals surface area contributed by atoms with E-state index in [9.17, 15) is 26.4 Å². The van der Waals surface area contributed by atoms with Crippen LogP contribution in [0.4, 0.5) is 0 Å². The van der Waals surface area contributed by atoms with Crippen molar-refractivity contribution in [3.63, 3.8) is 0 Å². The summed E-state index contributed by atoms with van der Waals surface area (Å²) in [6.07, 6.45) is 4.26. The number of H-pyrrole nitrogens is 1. The van der Waals surface area contributed by atoms with Gasteiger partial charge in [0.1, 0.15) is 5.56 Å². The fourth-order valence-electron chi connectivity index (χ4n) is 3.86. The van der Waals surface area contributed by atoms with Crippen LogP contribution in [0.5, 0.6) is 0 Å². The summed E-state index contributed by atoms with van der Waals surface area (Å²) in [5.74, 6) is -0.613. The molecule has 0 bridgehead atoms. The molecule has 2 aliphatic rings. The number of hydrogen-bond acceptors (Lipinski definition) is 6. The number of nitrogens with one attached hydrogen (secondary N) is 1. The number of hydrogen-bond donors (Lipinski definition) is 1. The minimum Gasteiger partial charge on any atom is -0.299 e. The van der Waals surface area contributed by atoms with E-state index in [0.29, 0.717) is 5.69 Å². The predicted molar refractivity (Wildman–Crippen MR) is 111 cm³/mol. The zero-order valence-electron chi connectivity index (χ0n) is 17.1. The Morgan fingerprint density at radius 2 is 1.77 bits per heavy atom. The lowest BCUT2D eigenvalue weighted by Crippen LogP contribution is -2.22. The quantitative estimate of drug-likeness (QED) is 0.638. The molecule has 0 aliphatic heterocycles. The van der Waals surface area contributed by atoms with Gasteiger partial charge < -0.3 is 0 Å². The molecule has 0 spiro atoms. The second-order valence-electron chi connectivity index (χ2n) is 8.43. The Morgan fingerprint density at radius 3 is 2.30 bits per heavy atom. The summed E-state index contributed by atoms with van der Waals surface area (Å²) >= 11 is 0. The Kier molecular flexibility index (Phi) is 4.85. The molecule has 0 saturated heterocycles. The molecular weight excluding hydrogens is 428 g/mol. The third kappa shape index (κ3) is 3.66. The number of ketones is 1. The Labute approximate surface area is 175 Å². The van der Waals surface area contributed by atoms with Gasteiger partial charge >= 0.3 is 0 Å². The van der Waals surface area contributed by atoms with Gasteiger partial charge in [-0.3, -0.25) is 19.4 Å². The van der Waals surface area contributed by atoms with Gasteiger partial charge in [-0.2, -0.15) is 0 Å². The first-order chi connectivity index (χ1) is 13.9. The number of nitrogens with zero attached hydrogens (tertiary/aromatic N) is 1. The largest absolute Gasteiger partial charge is 0.299 e. The number of carbonyl (C=O) groups excluding carboxylic acids is 1. The van der Waals surface area contributed by atoms with Crippen molar-refractivity contribution < 1.29 is 21.6 Å². The van der Waals surface area contributed by atoms with Crippen LogP contribution in [0.3, 0.4) is 0 Å². The van der Waals surface area contributed by atoms with E-state index < -0.39 is 31.0 Å². The van der Waals surface area contributed by atoms with Gasteiger partial charge in [0.2, 0.25) is 5.78 Å². The van der Waals surface area contributed by atoms with Crippen LogP contribution in [0.1, 0.15) is 58.8 Å². The number of aromatic nitrogens is 2. The van der Waals surface area contributed by atoms with Crippen LogP contribution >= 0.6 is 0 Å². The van der Waals surface area contributed by atoms with E-state index in [1.165, 1.54) is 30.8 Å². The molecule has 0 unspecified atom stereocenters. The summed E-state index contributed by atoms with van der Waals surface area (Å²) in [6, 6.07) is 2.48. The van der Waals surface area contributed by atoms with Crippen LogP contribution < -0.4 is 5.56 Å². The average molecular weight is 453 g/mol. The van der Waals surface area contributed by atoms with Crippen LogP contribution in [0.25, 0.3) is 0 Å². The second-order valence-corrected chi connectivity index (χ2v) is 12.4. The molecule has 162 valence electrons. The predicted octanol–water partition coefficient (Wildman–Crippen LogP) is 1.72. The monoisotopic (exact) mass is 452 g/mol. The molecule has 1 aromatic heterocycles. The van der Waals surface area contributed by atoms with Crippen molar-refractivity contribution in [2.24, 2.45) is 13.0 Å². The van der Waals surface area contributed by atoms with Crippen LogP contribution in [-0.2, 0) is 26.7 Å². The van der Waals surface area contributed by atoms with Gasteiger partial charge in [0, 0.05) is 24.8 Å². The van der Waals surface area contributed by atoms with Crippen molar-refractivity contribution in [3.05, 3.63) is 44.9 Å². The van der Waals surface area contributed by atoms with Gasteiger partial charge in [-0.1, -0.05) is 0 Å². The Balaban J connectivity index is 1.92. The summed E-state index contributed by atoms with van der Waals surface area (Å²) in [4.78, 5) is 25.3. The molecule has 8 nitrogen and oxygen atoms in total. The number of benzene rings is 1. The molecule has 1 N–H and O–H groups in total. The zero-order valence-corrected chi connectivity index (χ0v) is 18.7. The van der Waals surface area contributed by atoms with Crippen molar-refractivity contribution in [2.45, 2.75) is 48.3 Å². The van der Waals surface area contributed by atoms with Gasteiger partial charge in [0.25, 0.3) is 5.56 Å².